The Kier molecular flexibility index (Phi) is 9.83. The van der Waals surface area contributed by atoms with E-state index in [-0.39, 0.29) is 0 Å². The van der Waals surface area contributed by atoms with E-state index in [2.05, 4.69) is 12.1 Å². The van der Waals surface area contributed by atoms with Gasteiger partial charge in [-0.3, -0.25) is 0 Å². The van der Waals surface area contributed by atoms with Gasteiger partial charge >= 0.3 is 0 Å². The van der Waals surface area contributed by atoms with Crippen LogP contribution in [-0.2, 0) is 0 Å². The first-order valence-electron chi connectivity index (χ1n) is 20.0. The summed E-state index contributed by atoms with van der Waals surface area (Å²) in [5.41, 5.74) is 8.86. The topological polar surface area (TPSA) is 125 Å². The lowest BCUT2D eigenvalue weighted by Gasteiger charge is -2.18. The summed E-state index contributed by atoms with van der Waals surface area (Å²) in [6.07, 6.45) is 0. The number of fused-ring (bicyclic) bond motifs is 1. The van der Waals surface area contributed by atoms with Gasteiger partial charge in [-0.1, -0.05) is 194 Å². The average Bonchev–Trinajstić information content (AvgIpc) is 3.36. The second-order valence-electron chi connectivity index (χ2n) is 14.5. The van der Waals surface area contributed by atoms with Gasteiger partial charge in [0.15, 0.2) is 34.9 Å². The van der Waals surface area contributed by atoms with Gasteiger partial charge in [0.25, 0.3) is 0 Å². The molecule has 10 aromatic rings. The number of aromatic nitrogens is 6. The minimum atomic E-state index is 0.474. The second kappa shape index (κ2) is 16.3. The van der Waals surface area contributed by atoms with E-state index in [1.165, 1.54) is 0 Å². The summed E-state index contributed by atoms with van der Waals surface area (Å²) in [5, 5.41) is 23.2. The number of benzene rings is 8. The fourth-order valence-corrected chi connectivity index (χ4v) is 7.70. The van der Waals surface area contributed by atoms with Crippen LogP contribution >= 0.6 is 0 Å². The second-order valence-corrected chi connectivity index (χ2v) is 14.5. The normalized spacial score (nSPS) is 10.9. The molecule has 0 saturated heterocycles. The number of hydrogen-bond acceptors (Lipinski definition) is 8. The summed E-state index contributed by atoms with van der Waals surface area (Å²) in [4.78, 5) is 29.3. The van der Waals surface area contributed by atoms with Crippen molar-refractivity contribution in [3.63, 3.8) is 0 Å². The molecule has 0 atom stereocenters. The third kappa shape index (κ3) is 7.11. The lowest BCUT2D eigenvalue weighted by Crippen LogP contribution is -2.01. The summed E-state index contributed by atoms with van der Waals surface area (Å²) in [5.74, 6) is 3.29. The number of hydrogen-bond donors (Lipinski definition) is 0. The Hall–Kier alpha value is -8.98. The first-order chi connectivity index (χ1) is 30.6. The molecule has 0 radical (unpaired) electrons. The van der Waals surface area contributed by atoms with Crippen LogP contribution in [0.4, 0.5) is 0 Å². The summed E-state index contributed by atoms with van der Waals surface area (Å²) in [6, 6.07) is 67.7. The van der Waals surface area contributed by atoms with Crippen molar-refractivity contribution in [3.8, 4) is 103 Å². The van der Waals surface area contributed by atoms with E-state index in [4.69, 9.17) is 29.9 Å². The Morgan fingerprint density at radius 3 is 0.694 bits per heavy atom. The maximum absolute atomic E-state index is 10.9. The molecule has 0 bridgehead atoms. The van der Waals surface area contributed by atoms with E-state index in [0.29, 0.717) is 68.0 Å². The lowest BCUT2D eigenvalue weighted by atomic mass is 9.83. The molecule has 2 heterocycles. The number of nitriles is 2. The molecule has 0 fully saturated rings. The van der Waals surface area contributed by atoms with Crippen molar-refractivity contribution < 1.29 is 0 Å². The molecule has 0 N–H and O–H groups in total. The molecule has 0 aliphatic rings. The van der Waals surface area contributed by atoms with E-state index in [0.717, 1.165) is 44.5 Å². The Morgan fingerprint density at radius 2 is 0.452 bits per heavy atom. The zero-order chi connectivity index (χ0) is 41.8. The third-order valence-electron chi connectivity index (χ3n) is 10.7. The van der Waals surface area contributed by atoms with Gasteiger partial charge < -0.3 is 0 Å². The van der Waals surface area contributed by atoms with E-state index >= 15 is 0 Å². The van der Waals surface area contributed by atoms with E-state index < -0.39 is 0 Å². The Morgan fingerprint density at radius 1 is 0.242 bits per heavy atom. The van der Waals surface area contributed by atoms with Gasteiger partial charge in [-0.05, 0) is 11.1 Å². The molecule has 8 aromatic carbocycles. The fraction of sp³-hybridized carbons (Fsp3) is 0. The monoisotopic (exact) mass is 792 g/mol. The smallest absolute Gasteiger partial charge is 0.164 e. The molecule has 0 aliphatic heterocycles. The minimum Gasteiger partial charge on any atom is -0.208 e. The van der Waals surface area contributed by atoms with Crippen LogP contribution in [0.15, 0.2) is 194 Å². The van der Waals surface area contributed by atoms with E-state index in [9.17, 15) is 10.5 Å². The molecule has 0 aliphatic carbocycles. The first kappa shape index (κ1) is 37.3. The Balaban J connectivity index is 1.10. The molecule has 10 rings (SSSR count). The molecule has 0 amide bonds. The van der Waals surface area contributed by atoms with Crippen molar-refractivity contribution in [2.45, 2.75) is 0 Å². The van der Waals surface area contributed by atoms with Gasteiger partial charge in [-0.25, -0.2) is 29.9 Å². The van der Waals surface area contributed by atoms with Crippen LogP contribution in [0.25, 0.3) is 101 Å². The quantitative estimate of drug-likeness (QED) is 0.149. The van der Waals surface area contributed by atoms with Crippen LogP contribution < -0.4 is 0 Å². The molecule has 8 nitrogen and oxygen atoms in total. The van der Waals surface area contributed by atoms with Crippen LogP contribution in [-0.4, -0.2) is 29.9 Å². The third-order valence-corrected chi connectivity index (χ3v) is 10.7. The van der Waals surface area contributed by atoms with Crippen molar-refractivity contribution >= 4 is 10.8 Å². The summed E-state index contributed by atoms with van der Waals surface area (Å²) < 4.78 is 0. The lowest BCUT2D eigenvalue weighted by molar-refractivity contribution is 1.07. The van der Waals surface area contributed by atoms with Crippen molar-refractivity contribution in [3.05, 3.63) is 205 Å². The Bertz CT molecular complexity index is 2980. The molecule has 288 valence electrons. The first-order valence-corrected chi connectivity index (χ1v) is 20.0. The molecule has 0 spiro atoms. The summed E-state index contributed by atoms with van der Waals surface area (Å²) in [7, 11) is 0. The van der Waals surface area contributed by atoms with Crippen molar-refractivity contribution in [1.82, 2.24) is 29.9 Å². The molecule has 8 heteroatoms. The van der Waals surface area contributed by atoms with Crippen LogP contribution in [0.2, 0.25) is 0 Å². The Labute approximate surface area is 357 Å². The molecule has 62 heavy (non-hydrogen) atoms. The highest BCUT2D eigenvalue weighted by atomic mass is 15.0. The molecule has 2 aromatic heterocycles. The largest absolute Gasteiger partial charge is 0.208 e. The molecular weight excluding hydrogens is 761 g/mol. The highest BCUT2D eigenvalue weighted by molar-refractivity contribution is 6.06. The van der Waals surface area contributed by atoms with Crippen LogP contribution in [0.3, 0.4) is 0 Å². The molecular formula is C54H32N8. The van der Waals surface area contributed by atoms with Crippen molar-refractivity contribution in [2.75, 3.05) is 0 Å². The van der Waals surface area contributed by atoms with Gasteiger partial charge in [-0.2, -0.15) is 10.5 Å². The summed E-state index contributed by atoms with van der Waals surface area (Å²) >= 11 is 0. The number of rotatable bonds is 8. The summed E-state index contributed by atoms with van der Waals surface area (Å²) in [6.45, 7) is 0. The standard InChI is InChI=1S/C54H32N8/c55-33-45-43-23-13-14-24-44(43)46(34-56)48(36-27-31-42(32-28-36)54-61-51(39-19-9-3-10-20-39)58-52(62-54)40-21-11-4-12-22-40)47(45)35-25-29-41(30-26-35)53-59-49(37-15-5-1-6-16-37)57-50(60-53)38-17-7-2-8-18-38/h1-32H. The highest BCUT2D eigenvalue weighted by Crippen LogP contribution is 2.43. The van der Waals surface area contributed by atoms with Gasteiger partial charge in [-0.15, -0.1) is 0 Å². The van der Waals surface area contributed by atoms with Crippen molar-refractivity contribution in [2.24, 2.45) is 0 Å². The fourth-order valence-electron chi connectivity index (χ4n) is 7.70. The van der Waals surface area contributed by atoms with Gasteiger partial charge in [0.2, 0.25) is 0 Å². The maximum Gasteiger partial charge on any atom is 0.164 e. The van der Waals surface area contributed by atoms with Gasteiger partial charge in [0, 0.05) is 55.3 Å². The van der Waals surface area contributed by atoms with E-state index in [1.807, 2.05) is 194 Å². The van der Waals surface area contributed by atoms with Crippen LogP contribution in [0.1, 0.15) is 11.1 Å². The highest BCUT2D eigenvalue weighted by Gasteiger charge is 2.23. The SMILES string of the molecule is N#Cc1c(-c2ccc(-c3nc(-c4ccccc4)nc(-c4ccccc4)n3)cc2)c(-c2ccc(-c3nc(-c4ccccc4)nc(-c4ccccc4)n3)cc2)c(C#N)c2ccccc12. The van der Waals surface area contributed by atoms with Crippen LogP contribution in [0.5, 0.6) is 0 Å². The number of nitrogens with zero attached hydrogens (tertiary/aromatic N) is 8. The molecule has 0 unspecified atom stereocenters. The predicted molar refractivity (Wildman–Crippen MR) is 244 cm³/mol. The van der Waals surface area contributed by atoms with E-state index in [1.54, 1.807) is 0 Å². The van der Waals surface area contributed by atoms with Gasteiger partial charge in [0.05, 0.1) is 11.1 Å². The van der Waals surface area contributed by atoms with Crippen molar-refractivity contribution in [1.29, 1.82) is 10.5 Å². The average molecular weight is 793 g/mol. The zero-order valence-electron chi connectivity index (χ0n) is 33.1. The molecule has 0 saturated carbocycles. The minimum absolute atomic E-state index is 0.474. The predicted octanol–water partition coefficient (Wildman–Crippen LogP) is 12.3. The zero-order valence-corrected chi connectivity index (χ0v) is 33.1. The van der Waals surface area contributed by atoms with Crippen LogP contribution in [0, 0.1) is 22.7 Å². The maximum atomic E-state index is 10.9. The van der Waals surface area contributed by atoms with Gasteiger partial charge in [0.1, 0.15) is 12.1 Å².